The van der Waals surface area contributed by atoms with E-state index in [1.165, 1.54) is 32.0 Å². The van der Waals surface area contributed by atoms with Crippen LogP contribution in [0.25, 0.3) is 0 Å². The lowest BCUT2D eigenvalue weighted by Crippen LogP contribution is -2.58. The second kappa shape index (κ2) is 5.09. The van der Waals surface area contributed by atoms with Gasteiger partial charge in [-0.15, -0.1) is 0 Å². The number of hydrogen-bond acceptors (Lipinski definition) is 5. The molecular weight excluding hydrogens is 301 g/mol. The lowest BCUT2D eigenvalue weighted by Gasteiger charge is -2.30. The van der Waals surface area contributed by atoms with Gasteiger partial charge in [-0.2, -0.15) is 13.2 Å². The monoisotopic (exact) mass is 314 g/mol. The fourth-order valence-electron chi connectivity index (χ4n) is 2.32. The highest BCUT2D eigenvalue weighted by atomic mass is 19.4. The van der Waals surface area contributed by atoms with Crippen molar-refractivity contribution in [3.63, 3.8) is 0 Å². The molecule has 1 aromatic carbocycles. The van der Waals surface area contributed by atoms with E-state index in [-0.39, 0.29) is 22.8 Å². The summed E-state index contributed by atoms with van der Waals surface area (Å²) in [6.45, 7) is 2.64. The molecule has 2 rings (SSSR count). The van der Waals surface area contributed by atoms with E-state index < -0.39 is 22.3 Å². The van der Waals surface area contributed by atoms with Gasteiger partial charge in [-0.25, -0.2) is 4.99 Å². The first-order valence-electron chi connectivity index (χ1n) is 6.22. The topological polar surface area (TPSA) is 93.5 Å². The predicted octanol–water partition coefficient (Wildman–Crippen LogP) is 2.24. The van der Waals surface area contributed by atoms with Crippen LogP contribution in [-0.2, 0) is 6.18 Å². The number of nitrogens with zero attached hydrogens (tertiary/aromatic N) is 2. The Labute approximate surface area is 123 Å². The number of aliphatic imine (C=N–C) groups is 1. The molecule has 118 valence electrons. The fourth-order valence-corrected chi connectivity index (χ4v) is 2.32. The number of hydrogen-bond donors (Lipinski definition) is 2. The van der Waals surface area contributed by atoms with Gasteiger partial charge < -0.3 is 5.32 Å². The van der Waals surface area contributed by atoms with Gasteiger partial charge in [0.25, 0.3) is 0 Å². The molecule has 6 nitrogen and oxygen atoms in total. The second-order valence-electron chi connectivity index (χ2n) is 5.02. The number of amidine groups is 1. The van der Waals surface area contributed by atoms with Crippen LogP contribution in [0, 0.1) is 10.1 Å². The maximum absolute atomic E-state index is 13.1. The molecule has 0 aliphatic carbocycles. The second-order valence-corrected chi connectivity index (χ2v) is 5.02. The summed E-state index contributed by atoms with van der Waals surface area (Å²) in [6.07, 6.45) is -4.58. The normalized spacial score (nSPS) is 22.2. The highest BCUT2D eigenvalue weighted by molar-refractivity contribution is 6.02. The first kappa shape index (κ1) is 16.0. The van der Waals surface area contributed by atoms with Crippen molar-refractivity contribution in [1.82, 2.24) is 5.32 Å². The number of nitro groups is 1. The van der Waals surface area contributed by atoms with Crippen LogP contribution in [0.4, 0.5) is 13.2 Å². The summed E-state index contributed by atoms with van der Waals surface area (Å²) in [6, 6.07) is 4.82. The minimum Gasteiger partial charge on any atom is -0.343 e. The third-order valence-corrected chi connectivity index (χ3v) is 3.16. The molecule has 0 saturated heterocycles. The standard InChI is InChI=1S/C13H13F3N4O2/c1-7-10(20(21)22)12(2,17)19-11(18-7)8-5-3-4-6-9(8)13(14,15)16/h3-6H,17H2,1-2H3,(H,18,19). The van der Waals surface area contributed by atoms with E-state index in [0.29, 0.717) is 0 Å². The number of nitrogens with two attached hydrogens (primary N) is 1. The van der Waals surface area contributed by atoms with Crippen LogP contribution < -0.4 is 11.1 Å². The van der Waals surface area contributed by atoms with Gasteiger partial charge in [0.15, 0.2) is 5.66 Å². The Hall–Kier alpha value is -2.42. The Kier molecular flexibility index (Phi) is 3.69. The van der Waals surface area contributed by atoms with Crippen LogP contribution in [-0.4, -0.2) is 16.4 Å². The molecule has 1 heterocycles. The number of nitrogens with one attached hydrogen (secondary N) is 1. The highest BCUT2D eigenvalue weighted by Gasteiger charge is 2.42. The van der Waals surface area contributed by atoms with Crippen molar-refractivity contribution in [2.75, 3.05) is 0 Å². The van der Waals surface area contributed by atoms with E-state index in [0.717, 1.165) is 6.07 Å². The molecule has 0 amide bonds. The molecule has 1 aromatic rings. The van der Waals surface area contributed by atoms with E-state index in [4.69, 9.17) is 5.73 Å². The van der Waals surface area contributed by atoms with Gasteiger partial charge in [0, 0.05) is 5.56 Å². The van der Waals surface area contributed by atoms with Gasteiger partial charge >= 0.3 is 11.9 Å². The first-order valence-corrected chi connectivity index (χ1v) is 6.22. The summed E-state index contributed by atoms with van der Waals surface area (Å²) in [5.74, 6) is -0.152. The van der Waals surface area contributed by atoms with Crippen molar-refractivity contribution >= 4 is 5.84 Å². The molecular formula is C13H13F3N4O2. The molecule has 0 bridgehead atoms. The van der Waals surface area contributed by atoms with Crippen LogP contribution in [0.5, 0.6) is 0 Å². The van der Waals surface area contributed by atoms with Crippen LogP contribution in [0.15, 0.2) is 40.7 Å². The van der Waals surface area contributed by atoms with E-state index in [9.17, 15) is 23.3 Å². The number of rotatable bonds is 2. The van der Waals surface area contributed by atoms with Gasteiger partial charge in [-0.05, 0) is 19.9 Å². The Morgan fingerprint density at radius 2 is 1.95 bits per heavy atom. The summed E-state index contributed by atoms with van der Waals surface area (Å²) in [5, 5.41) is 13.5. The maximum atomic E-state index is 13.1. The molecule has 0 saturated carbocycles. The first-order chi connectivity index (χ1) is 10.0. The molecule has 1 aliphatic heterocycles. The number of halogens is 3. The highest BCUT2D eigenvalue weighted by Crippen LogP contribution is 2.33. The molecule has 1 unspecified atom stereocenters. The predicted molar refractivity (Wildman–Crippen MR) is 73.4 cm³/mol. The molecule has 0 aromatic heterocycles. The zero-order chi connectivity index (χ0) is 16.7. The number of benzene rings is 1. The zero-order valence-electron chi connectivity index (χ0n) is 11.7. The average molecular weight is 314 g/mol. The van der Waals surface area contributed by atoms with Crippen molar-refractivity contribution in [3.8, 4) is 0 Å². The molecule has 0 fully saturated rings. The molecule has 22 heavy (non-hydrogen) atoms. The summed E-state index contributed by atoms with van der Waals surface area (Å²) < 4.78 is 39.2. The molecule has 0 radical (unpaired) electrons. The quantitative estimate of drug-likeness (QED) is 0.646. The lowest BCUT2D eigenvalue weighted by atomic mass is 10.0. The lowest BCUT2D eigenvalue weighted by molar-refractivity contribution is -0.436. The van der Waals surface area contributed by atoms with E-state index >= 15 is 0 Å². The zero-order valence-corrected chi connectivity index (χ0v) is 11.7. The third-order valence-electron chi connectivity index (χ3n) is 3.16. The van der Waals surface area contributed by atoms with Gasteiger partial charge in [-0.1, -0.05) is 18.2 Å². The third kappa shape index (κ3) is 2.80. The average Bonchev–Trinajstić information content (AvgIpc) is 2.35. The summed E-state index contributed by atoms with van der Waals surface area (Å²) >= 11 is 0. The van der Waals surface area contributed by atoms with Gasteiger partial charge in [0.05, 0.1) is 10.5 Å². The summed E-state index contributed by atoms with van der Waals surface area (Å²) in [5.41, 5.74) is 2.65. The Bertz CT molecular complexity index is 693. The van der Waals surface area contributed by atoms with Crippen LogP contribution in [0.3, 0.4) is 0 Å². The number of allylic oxidation sites excluding steroid dienone is 1. The molecule has 1 aliphatic rings. The Morgan fingerprint density at radius 3 is 2.45 bits per heavy atom. The maximum Gasteiger partial charge on any atom is 0.417 e. The van der Waals surface area contributed by atoms with Crippen LogP contribution in [0.1, 0.15) is 25.0 Å². The fraction of sp³-hybridized carbons (Fsp3) is 0.308. The minimum atomic E-state index is -4.58. The van der Waals surface area contributed by atoms with E-state index in [2.05, 4.69) is 10.3 Å². The molecule has 3 N–H and O–H groups in total. The summed E-state index contributed by atoms with van der Waals surface area (Å²) in [7, 11) is 0. The van der Waals surface area contributed by atoms with E-state index in [1.807, 2.05) is 0 Å². The Balaban J connectivity index is 2.62. The van der Waals surface area contributed by atoms with Crippen molar-refractivity contribution in [3.05, 3.63) is 56.9 Å². The molecule has 1 atom stereocenters. The van der Waals surface area contributed by atoms with Crippen LogP contribution in [0.2, 0.25) is 0 Å². The molecule has 0 spiro atoms. The van der Waals surface area contributed by atoms with Gasteiger partial charge in [0.2, 0.25) is 0 Å². The Morgan fingerprint density at radius 1 is 1.36 bits per heavy atom. The largest absolute Gasteiger partial charge is 0.417 e. The van der Waals surface area contributed by atoms with Gasteiger partial charge in [-0.3, -0.25) is 15.8 Å². The SMILES string of the molecule is CC1=C([N+](=O)[O-])C(C)(N)NC(c2ccccc2C(F)(F)F)=N1. The minimum absolute atomic E-state index is 0.0410. The van der Waals surface area contributed by atoms with E-state index in [1.54, 1.807) is 0 Å². The number of alkyl halides is 3. The van der Waals surface area contributed by atoms with Crippen LogP contribution >= 0.6 is 0 Å². The van der Waals surface area contributed by atoms with Crippen molar-refractivity contribution in [1.29, 1.82) is 0 Å². The molecule has 9 heteroatoms. The summed E-state index contributed by atoms with van der Waals surface area (Å²) in [4.78, 5) is 14.2. The van der Waals surface area contributed by atoms with Crippen molar-refractivity contribution in [2.45, 2.75) is 25.7 Å². The van der Waals surface area contributed by atoms with Gasteiger partial charge in [0.1, 0.15) is 11.5 Å². The smallest absolute Gasteiger partial charge is 0.343 e. The van der Waals surface area contributed by atoms with Crippen molar-refractivity contribution < 1.29 is 18.1 Å². The van der Waals surface area contributed by atoms with Crippen molar-refractivity contribution in [2.24, 2.45) is 10.7 Å².